The molecule has 37 heavy (non-hydrogen) atoms. The lowest BCUT2D eigenvalue weighted by atomic mass is 10.1. The summed E-state index contributed by atoms with van der Waals surface area (Å²) < 4.78 is 31.3. The molecule has 0 bridgehead atoms. The first-order valence-electron chi connectivity index (χ1n) is 12.0. The number of nitrogens with two attached hydrogens (primary N) is 1. The number of amides is 3. The maximum Gasteiger partial charge on any atom is 0.323 e. The standard InChI is InChI=1S/C27H32N4O5S/c1-3-31(4-2)17-8-18-36-25-19-21(13-16-24(25)26(28)32)30-27(33)29-20-11-14-23(15-12-20)37(34,35)22-9-6-5-7-10-22/h5-7,9-16,19H,3-4,8,17-18H2,1-2H3,(H2,28,32)(H2,29,30,33). The molecule has 0 heterocycles. The molecule has 3 aromatic rings. The fourth-order valence-corrected chi connectivity index (χ4v) is 4.96. The summed E-state index contributed by atoms with van der Waals surface area (Å²) in [6.45, 7) is 7.34. The number of hydrogen-bond donors (Lipinski definition) is 3. The van der Waals surface area contributed by atoms with E-state index in [9.17, 15) is 18.0 Å². The zero-order valence-electron chi connectivity index (χ0n) is 20.9. The number of nitrogens with zero attached hydrogens (tertiary/aromatic N) is 1. The van der Waals surface area contributed by atoms with Gasteiger partial charge in [0.25, 0.3) is 5.91 Å². The molecule has 0 aromatic heterocycles. The zero-order valence-corrected chi connectivity index (χ0v) is 21.8. The monoisotopic (exact) mass is 524 g/mol. The highest BCUT2D eigenvalue weighted by Crippen LogP contribution is 2.25. The van der Waals surface area contributed by atoms with E-state index in [0.29, 0.717) is 23.7 Å². The van der Waals surface area contributed by atoms with Gasteiger partial charge in [-0.2, -0.15) is 0 Å². The molecule has 0 saturated heterocycles. The Hall–Kier alpha value is -3.89. The van der Waals surface area contributed by atoms with Gasteiger partial charge in [0.05, 0.1) is 22.0 Å². The SMILES string of the molecule is CCN(CC)CCCOc1cc(NC(=O)Nc2ccc(S(=O)(=O)c3ccccc3)cc2)ccc1C(N)=O. The third kappa shape index (κ3) is 7.55. The summed E-state index contributed by atoms with van der Waals surface area (Å²) >= 11 is 0. The van der Waals surface area contributed by atoms with Crippen molar-refractivity contribution in [3.8, 4) is 5.75 Å². The third-order valence-electron chi connectivity index (χ3n) is 5.75. The van der Waals surface area contributed by atoms with Crippen molar-refractivity contribution in [2.45, 2.75) is 30.1 Å². The van der Waals surface area contributed by atoms with Crippen LogP contribution in [-0.2, 0) is 9.84 Å². The van der Waals surface area contributed by atoms with E-state index < -0.39 is 21.8 Å². The normalized spacial score (nSPS) is 11.2. The van der Waals surface area contributed by atoms with E-state index >= 15 is 0 Å². The largest absolute Gasteiger partial charge is 0.493 e. The van der Waals surface area contributed by atoms with Gasteiger partial charge in [0, 0.05) is 24.0 Å². The molecule has 0 spiro atoms. The van der Waals surface area contributed by atoms with Crippen LogP contribution in [-0.4, -0.2) is 51.5 Å². The lowest BCUT2D eigenvalue weighted by Crippen LogP contribution is -2.25. The lowest BCUT2D eigenvalue weighted by Gasteiger charge is -2.18. The van der Waals surface area contributed by atoms with Crippen LogP contribution >= 0.6 is 0 Å². The maximum atomic E-state index is 12.7. The van der Waals surface area contributed by atoms with Crippen molar-refractivity contribution in [2.24, 2.45) is 5.73 Å². The van der Waals surface area contributed by atoms with E-state index in [1.165, 1.54) is 42.5 Å². The van der Waals surface area contributed by atoms with E-state index in [-0.39, 0.29) is 15.4 Å². The second-order valence-corrected chi connectivity index (χ2v) is 10.2. The number of carbonyl (C=O) groups excluding carboxylic acids is 2. The molecular formula is C27H32N4O5S. The highest BCUT2D eigenvalue weighted by molar-refractivity contribution is 7.91. The average molecular weight is 525 g/mol. The quantitative estimate of drug-likeness (QED) is 0.302. The van der Waals surface area contributed by atoms with Crippen LogP contribution in [0, 0.1) is 0 Å². The second-order valence-electron chi connectivity index (χ2n) is 8.22. The molecule has 3 aromatic carbocycles. The van der Waals surface area contributed by atoms with Crippen molar-refractivity contribution in [2.75, 3.05) is 36.9 Å². The predicted molar refractivity (Wildman–Crippen MR) is 144 cm³/mol. The van der Waals surface area contributed by atoms with E-state index in [1.54, 1.807) is 30.3 Å². The number of ether oxygens (including phenoxy) is 1. The van der Waals surface area contributed by atoms with Gasteiger partial charge in [0.1, 0.15) is 5.75 Å². The first kappa shape index (κ1) is 27.7. The number of rotatable bonds is 12. The number of urea groups is 1. The van der Waals surface area contributed by atoms with Gasteiger partial charge < -0.3 is 26.0 Å². The number of primary amides is 1. The van der Waals surface area contributed by atoms with Gasteiger partial charge in [0.15, 0.2) is 0 Å². The molecule has 3 amide bonds. The third-order valence-corrected chi connectivity index (χ3v) is 7.54. The molecular weight excluding hydrogens is 492 g/mol. The molecule has 0 aliphatic heterocycles. The highest BCUT2D eigenvalue weighted by Gasteiger charge is 2.17. The van der Waals surface area contributed by atoms with Gasteiger partial charge in [0.2, 0.25) is 9.84 Å². The van der Waals surface area contributed by atoms with Gasteiger partial charge in [-0.25, -0.2) is 13.2 Å². The van der Waals surface area contributed by atoms with Gasteiger partial charge in [-0.1, -0.05) is 32.0 Å². The van der Waals surface area contributed by atoms with Crippen molar-refractivity contribution >= 4 is 33.2 Å². The first-order chi connectivity index (χ1) is 17.7. The Morgan fingerprint density at radius 2 is 1.46 bits per heavy atom. The Bertz CT molecular complexity index is 1310. The molecule has 0 radical (unpaired) electrons. The van der Waals surface area contributed by atoms with Crippen LogP contribution in [0.25, 0.3) is 0 Å². The summed E-state index contributed by atoms with van der Waals surface area (Å²) in [7, 11) is -3.65. The van der Waals surface area contributed by atoms with Crippen LogP contribution < -0.4 is 21.1 Å². The second kappa shape index (κ2) is 12.9. The Labute approximate surface area is 217 Å². The van der Waals surface area contributed by atoms with Gasteiger partial charge in [-0.15, -0.1) is 0 Å². The number of carbonyl (C=O) groups is 2. The number of anilines is 2. The molecule has 196 valence electrons. The van der Waals surface area contributed by atoms with Gasteiger partial charge >= 0.3 is 6.03 Å². The number of benzene rings is 3. The predicted octanol–water partition coefficient (Wildman–Crippen LogP) is 4.37. The molecule has 4 N–H and O–H groups in total. The summed E-state index contributed by atoms with van der Waals surface area (Å²) in [4.78, 5) is 26.9. The van der Waals surface area contributed by atoms with Crippen molar-refractivity contribution in [1.29, 1.82) is 0 Å². The summed E-state index contributed by atoms with van der Waals surface area (Å²) in [5.74, 6) is -0.333. The molecule has 3 rings (SSSR count). The highest BCUT2D eigenvalue weighted by atomic mass is 32.2. The Morgan fingerprint density at radius 3 is 2.08 bits per heavy atom. The van der Waals surface area contributed by atoms with E-state index in [0.717, 1.165) is 26.1 Å². The molecule has 0 fully saturated rings. The first-order valence-corrected chi connectivity index (χ1v) is 13.5. The van der Waals surface area contributed by atoms with Crippen molar-refractivity contribution < 1.29 is 22.7 Å². The molecule has 10 heteroatoms. The molecule has 9 nitrogen and oxygen atoms in total. The summed E-state index contributed by atoms with van der Waals surface area (Å²) in [6, 6.07) is 18.1. The number of hydrogen-bond acceptors (Lipinski definition) is 6. The molecule has 0 atom stereocenters. The van der Waals surface area contributed by atoms with Crippen LogP contribution in [0.1, 0.15) is 30.6 Å². The van der Waals surface area contributed by atoms with E-state index in [2.05, 4.69) is 29.4 Å². The van der Waals surface area contributed by atoms with Gasteiger partial charge in [-0.3, -0.25) is 4.79 Å². The van der Waals surface area contributed by atoms with E-state index in [4.69, 9.17) is 10.5 Å². The summed E-state index contributed by atoms with van der Waals surface area (Å²) in [5.41, 5.74) is 6.52. The summed E-state index contributed by atoms with van der Waals surface area (Å²) in [5, 5.41) is 5.35. The molecule has 0 aliphatic carbocycles. The molecule has 0 unspecified atom stereocenters. The zero-order chi connectivity index (χ0) is 26.8. The minimum atomic E-state index is -3.65. The van der Waals surface area contributed by atoms with E-state index in [1.807, 2.05) is 0 Å². The summed E-state index contributed by atoms with van der Waals surface area (Å²) in [6.07, 6.45) is 0.772. The molecule has 0 saturated carbocycles. The molecule has 0 aliphatic rings. The Morgan fingerprint density at radius 1 is 0.865 bits per heavy atom. The minimum absolute atomic E-state index is 0.120. The minimum Gasteiger partial charge on any atom is -0.493 e. The fraction of sp³-hybridized carbons (Fsp3) is 0.259. The Balaban J connectivity index is 1.63. The maximum absolute atomic E-state index is 12.7. The van der Waals surface area contributed by atoms with Crippen molar-refractivity contribution in [1.82, 2.24) is 4.90 Å². The van der Waals surface area contributed by atoms with Crippen LogP contribution in [0.2, 0.25) is 0 Å². The van der Waals surface area contributed by atoms with Crippen LogP contribution in [0.4, 0.5) is 16.2 Å². The van der Waals surface area contributed by atoms with Crippen LogP contribution in [0.15, 0.2) is 82.6 Å². The van der Waals surface area contributed by atoms with Gasteiger partial charge in [-0.05, 0) is 68.0 Å². The van der Waals surface area contributed by atoms with Crippen LogP contribution in [0.5, 0.6) is 5.75 Å². The van der Waals surface area contributed by atoms with Crippen molar-refractivity contribution in [3.05, 3.63) is 78.4 Å². The number of nitrogens with one attached hydrogen (secondary N) is 2. The topological polar surface area (TPSA) is 131 Å². The lowest BCUT2D eigenvalue weighted by molar-refractivity contribution is 0.0996. The van der Waals surface area contributed by atoms with Crippen molar-refractivity contribution in [3.63, 3.8) is 0 Å². The Kier molecular flexibility index (Phi) is 9.64. The smallest absolute Gasteiger partial charge is 0.323 e. The van der Waals surface area contributed by atoms with Crippen LogP contribution in [0.3, 0.4) is 0 Å². The average Bonchev–Trinajstić information content (AvgIpc) is 2.89. The fourth-order valence-electron chi connectivity index (χ4n) is 3.68. The number of sulfone groups is 1.